The first-order chi connectivity index (χ1) is 9.97. The summed E-state index contributed by atoms with van der Waals surface area (Å²) >= 11 is 0. The van der Waals surface area contributed by atoms with Crippen molar-refractivity contribution in [2.45, 2.75) is 13.3 Å². The summed E-state index contributed by atoms with van der Waals surface area (Å²) in [7, 11) is 0. The largest absolute Gasteiger partial charge is 0.365 e. The van der Waals surface area contributed by atoms with E-state index in [1.165, 1.54) is 19.2 Å². The molecule has 2 heterocycles. The molecule has 1 aromatic rings. The standard InChI is InChI=1S/C13H16N4O4/c1-10(18)8-13(19)16-6-4-15(5-7-16)11-2-3-12(14-9-11)17(20)21/h2-3,9H,4-8H2,1H3. The van der Waals surface area contributed by atoms with E-state index in [9.17, 15) is 19.7 Å². The highest BCUT2D eigenvalue weighted by molar-refractivity contribution is 5.96. The third-order valence-electron chi connectivity index (χ3n) is 3.32. The molecule has 2 rings (SSSR count). The molecule has 8 heteroatoms. The Kier molecular flexibility index (Phi) is 4.46. The molecule has 1 aliphatic rings. The number of hydrogen-bond donors (Lipinski definition) is 0. The highest BCUT2D eigenvalue weighted by Crippen LogP contribution is 2.18. The van der Waals surface area contributed by atoms with Crippen LogP contribution in [0.4, 0.5) is 11.5 Å². The minimum absolute atomic E-state index is 0.0565. The van der Waals surface area contributed by atoms with Crippen LogP contribution in [0.2, 0.25) is 0 Å². The molecule has 0 unspecified atom stereocenters. The van der Waals surface area contributed by atoms with Crippen molar-refractivity contribution in [2.75, 3.05) is 31.1 Å². The highest BCUT2D eigenvalue weighted by Gasteiger charge is 2.22. The molecule has 1 fully saturated rings. The normalized spacial score (nSPS) is 14.9. The Labute approximate surface area is 121 Å². The number of aromatic nitrogens is 1. The summed E-state index contributed by atoms with van der Waals surface area (Å²) < 4.78 is 0. The van der Waals surface area contributed by atoms with Gasteiger partial charge in [0.05, 0.1) is 12.1 Å². The molecule has 1 aromatic heterocycles. The predicted octanol–water partition coefficient (Wildman–Crippen LogP) is 0.617. The second-order valence-electron chi connectivity index (χ2n) is 4.88. The maximum atomic E-state index is 11.8. The monoisotopic (exact) mass is 292 g/mol. The van der Waals surface area contributed by atoms with Gasteiger partial charge in [-0.2, -0.15) is 0 Å². The van der Waals surface area contributed by atoms with Gasteiger partial charge in [0, 0.05) is 32.2 Å². The van der Waals surface area contributed by atoms with Crippen molar-refractivity contribution in [1.29, 1.82) is 0 Å². The Hall–Kier alpha value is -2.51. The number of hydrogen-bond acceptors (Lipinski definition) is 6. The van der Waals surface area contributed by atoms with E-state index < -0.39 is 4.92 Å². The number of carbonyl (C=O) groups excluding carboxylic acids is 2. The van der Waals surface area contributed by atoms with E-state index in [1.54, 1.807) is 11.0 Å². The number of nitrogens with zero attached hydrogens (tertiary/aromatic N) is 4. The van der Waals surface area contributed by atoms with Gasteiger partial charge in [-0.15, -0.1) is 0 Å². The molecule has 0 atom stereocenters. The summed E-state index contributed by atoms with van der Waals surface area (Å²) in [6.45, 7) is 3.69. The number of Topliss-reactive ketones (excluding diaryl/α,β-unsaturated/α-hetero) is 1. The lowest BCUT2D eigenvalue weighted by molar-refractivity contribution is -0.389. The fourth-order valence-electron chi connectivity index (χ4n) is 2.21. The van der Waals surface area contributed by atoms with Crippen LogP contribution in [0.3, 0.4) is 0 Å². The van der Waals surface area contributed by atoms with Crippen LogP contribution in [0, 0.1) is 10.1 Å². The Bertz CT molecular complexity index is 550. The topological polar surface area (TPSA) is 96.7 Å². The number of nitro groups is 1. The van der Waals surface area contributed by atoms with Gasteiger partial charge < -0.3 is 19.9 Å². The van der Waals surface area contributed by atoms with Crippen molar-refractivity contribution in [2.24, 2.45) is 0 Å². The van der Waals surface area contributed by atoms with Gasteiger partial charge >= 0.3 is 5.82 Å². The zero-order valence-corrected chi connectivity index (χ0v) is 11.7. The summed E-state index contributed by atoms with van der Waals surface area (Å²) in [4.78, 5) is 40.2. The molecule has 0 radical (unpaired) electrons. The van der Waals surface area contributed by atoms with Crippen molar-refractivity contribution in [3.05, 3.63) is 28.4 Å². The number of anilines is 1. The van der Waals surface area contributed by atoms with Crippen LogP contribution in [0.25, 0.3) is 0 Å². The lowest BCUT2D eigenvalue weighted by Crippen LogP contribution is -2.49. The average molecular weight is 292 g/mol. The maximum absolute atomic E-state index is 11.8. The molecular formula is C13H16N4O4. The van der Waals surface area contributed by atoms with Gasteiger partial charge in [0.2, 0.25) is 5.91 Å². The Morgan fingerprint density at radius 2 is 1.95 bits per heavy atom. The van der Waals surface area contributed by atoms with E-state index in [0.29, 0.717) is 26.2 Å². The van der Waals surface area contributed by atoms with Gasteiger partial charge in [-0.3, -0.25) is 9.59 Å². The van der Waals surface area contributed by atoms with Crippen LogP contribution in [0.5, 0.6) is 0 Å². The van der Waals surface area contributed by atoms with Crippen LogP contribution in [0.1, 0.15) is 13.3 Å². The van der Waals surface area contributed by atoms with E-state index in [2.05, 4.69) is 4.98 Å². The quantitative estimate of drug-likeness (QED) is 0.458. The van der Waals surface area contributed by atoms with E-state index in [4.69, 9.17) is 0 Å². The molecule has 1 saturated heterocycles. The second kappa shape index (κ2) is 6.29. The SMILES string of the molecule is CC(=O)CC(=O)N1CCN(c2ccc([N+](=O)[O-])nc2)CC1. The molecule has 21 heavy (non-hydrogen) atoms. The average Bonchev–Trinajstić information content (AvgIpc) is 2.47. The Morgan fingerprint density at radius 3 is 2.43 bits per heavy atom. The predicted molar refractivity (Wildman–Crippen MR) is 75.0 cm³/mol. The number of rotatable bonds is 4. The molecule has 1 amide bonds. The molecule has 0 aromatic carbocycles. The lowest BCUT2D eigenvalue weighted by atomic mass is 10.2. The number of carbonyl (C=O) groups is 2. The van der Waals surface area contributed by atoms with Crippen molar-refractivity contribution >= 4 is 23.2 Å². The van der Waals surface area contributed by atoms with Gasteiger partial charge in [0.1, 0.15) is 5.78 Å². The highest BCUT2D eigenvalue weighted by atomic mass is 16.6. The second-order valence-corrected chi connectivity index (χ2v) is 4.88. The molecular weight excluding hydrogens is 276 g/mol. The third kappa shape index (κ3) is 3.74. The van der Waals surface area contributed by atoms with Crippen molar-refractivity contribution < 1.29 is 14.5 Å². The summed E-state index contributed by atoms with van der Waals surface area (Å²) in [5.74, 6) is -0.472. The van der Waals surface area contributed by atoms with E-state index >= 15 is 0 Å². The molecule has 8 nitrogen and oxygen atoms in total. The van der Waals surface area contributed by atoms with Crippen LogP contribution in [0.15, 0.2) is 18.3 Å². The van der Waals surface area contributed by atoms with Crippen molar-refractivity contribution in [1.82, 2.24) is 9.88 Å². The van der Waals surface area contributed by atoms with Crippen LogP contribution in [-0.4, -0.2) is 52.7 Å². The minimum atomic E-state index is -0.540. The van der Waals surface area contributed by atoms with Gasteiger partial charge in [-0.1, -0.05) is 0 Å². The van der Waals surface area contributed by atoms with Crippen LogP contribution < -0.4 is 4.90 Å². The summed E-state index contributed by atoms with van der Waals surface area (Å²) in [5.41, 5.74) is 0.791. The van der Waals surface area contributed by atoms with E-state index in [-0.39, 0.29) is 23.9 Å². The zero-order valence-electron chi connectivity index (χ0n) is 11.7. The minimum Gasteiger partial charge on any atom is -0.365 e. The first-order valence-electron chi connectivity index (χ1n) is 6.60. The molecule has 0 N–H and O–H groups in total. The van der Waals surface area contributed by atoms with Gasteiger partial charge in [0.25, 0.3) is 0 Å². The Morgan fingerprint density at radius 1 is 1.29 bits per heavy atom. The smallest absolute Gasteiger partial charge is 0.363 e. The fraction of sp³-hybridized carbons (Fsp3) is 0.462. The van der Waals surface area contributed by atoms with E-state index in [0.717, 1.165) is 5.69 Å². The van der Waals surface area contributed by atoms with Gasteiger partial charge in [-0.25, -0.2) is 0 Å². The summed E-state index contributed by atoms with van der Waals surface area (Å²) in [5, 5.41) is 10.6. The first-order valence-corrected chi connectivity index (χ1v) is 6.60. The summed E-state index contributed by atoms with van der Waals surface area (Å²) in [6.07, 6.45) is 1.41. The summed E-state index contributed by atoms with van der Waals surface area (Å²) in [6, 6.07) is 3.01. The lowest BCUT2D eigenvalue weighted by Gasteiger charge is -2.35. The molecule has 0 spiro atoms. The zero-order chi connectivity index (χ0) is 15.4. The molecule has 0 bridgehead atoms. The molecule has 0 aliphatic carbocycles. The molecule has 1 aliphatic heterocycles. The number of ketones is 1. The Balaban J connectivity index is 1.93. The fourth-order valence-corrected chi connectivity index (χ4v) is 2.21. The van der Waals surface area contributed by atoms with Gasteiger partial charge in [-0.05, 0) is 22.9 Å². The number of amides is 1. The van der Waals surface area contributed by atoms with Crippen molar-refractivity contribution in [3.8, 4) is 0 Å². The first kappa shape index (κ1) is 14.9. The molecule has 0 saturated carbocycles. The van der Waals surface area contributed by atoms with Crippen molar-refractivity contribution in [3.63, 3.8) is 0 Å². The van der Waals surface area contributed by atoms with Crippen LogP contribution >= 0.6 is 0 Å². The number of pyridine rings is 1. The van der Waals surface area contributed by atoms with E-state index in [1.807, 2.05) is 4.90 Å². The van der Waals surface area contributed by atoms with Crippen LogP contribution in [-0.2, 0) is 9.59 Å². The molecule has 112 valence electrons. The van der Waals surface area contributed by atoms with Gasteiger partial charge in [0.15, 0.2) is 6.20 Å². The number of piperazine rings is 1. The third-order valence-corrected chi connectivity index (χ3v) is 3.32. The maximum Gasteiger partial charge on any atom is 0.363 e.